The zero-order valence-electron chi connectivity index (χ0n) is 9.00. The van der Waals surface area contributed by atoms with Crippen LogP contribution in [0.15, 0.2) is 22.7 Å². The maximum Gasteiger partial charge on any atom is 0.126 e. The maximum absolute atomic E-state index is 13.5. The predicted molar refractivity (Wildman–Crippen MR) is 63.4 cm³/mol. The topological polar surface area (TPSA) is 20.2 Å². The molecular formula is C12H16BrFO. The van der Waals surface area contributed by atoms with E-state index in [9.17, 15) is 9.50 Å². The van der Waals surface area contributed by atoms with Crippen molar-refractivity contribution in [2.24, 2.45) is 0 Å². The van der Waals surface area contributed by atoms with E-state index in [4.69, 9.17) is 0 Å². The van der Waals surface area contributed by atoms with Crippen molar-refractivity contribution in [2.45, 2.75) is 38.7 Å². The fourth-order valence-corrected chi connectivity index (χ4v) is 2.00. The lowest BCUT2D eigenvalue weighted by molar-refractivity contribution is 0.137. The minimum absolute atomic E-state index is 0.164. The van der Waals surface area contributed by atoms with Crippen LogP contribution in [0, 0.1) is 5.82 Å². The van der Waals surface area contributed by atoms with Gasteiger partial charge in [0.05, 0.1) is 6.10 Å². The Morgan fingerprint density at radius 2 is 2.13 bits per heavy atom. The van der Waals surface area contributed by atoms with Crippen LogP contribution in [0.3, 0.4) is 0 Å². The molecule has 0 spiro atoms. The minimum Gasteiger partial charge on any atom is -0.393 e. The van der Waals surface area contributed by atoms with Crippen LogP contribution in [0.4, 0.5) is 4.39 Å². The van der Waals surface area contributed by atoms with Crippen molar-refractivity contribution in [3.05, 3.63) is 34.1 Å². The number of hydrogen-bond donors (Lipinski definition) is 1. The molecule has 2 unspecified atom stereocenters. The smallest absolute Gasteiger partial charge is 0.126 e. The molecule has 0 heterocycles. The first-order valence-corrected chi connectivity index (χ1v) is 5.98. The Morgan fingerprint density at radius 3 is 2.73 bits per heavy atom. The molecule has 15 heavy (non-hydrogen) atoms. The van der Waals surface area contributed by atoms with Crippen LogP contribution < -0.4 is 0 Å². The Balaban J connectivity index is 2.89. The van der Waals surface area contributed by atoms with Gasteiger partial charge in [-0.2, -0.15) is 0 Å². The Bertz CT molecular complexity index is 327. The molecule has 2 atom stereocenters. The molecule has 0 aliphatic rings. The third-order valence-electron chi connectivity index (χ3n) is 2.61. The quantitative estimate of drug-likeness (QED) is 0.884. The van der Waals surface area contributed by atoms with E-state index in [0.29, 0.717) is 12.0 Å². The van der Waals surface area contributed by atoms with Crippen LogP contribution in [0.2, 0.25) is 0 Å². The zero-order valence-corrected chi connectivity index (χ0v) is 10.6. The fraction of sp³-hybridized carbons (Fsp3) is 0.500. The van der Waals surface area contributed by atoms with Crippen molar-refractivity contribution >= 4 is 15.9 Å². The Kier molecular flexibility index (Phi) is 4.74. The van der Waals surface area contributed by atoms with E-state index in [2.05, 4.69) is 15.9 Å². The number of hydrogen-bond acceptors (Lipinski definition) is 1. The molecule has 0 aliphatic carbocycles. The molecule has 1 aromatic carbocycles. The SMILES string of the molecule is CCCC(O)C(C)c1cc(Br)ccc1F. The molecule has 0 amide bonds. The van der Waals surface area contributed by atoms with Crippen LogP contribution >= 0.6 is 15.9 Å². The number of halogens is 2. The Hall–Kier alpha value is -0.410. The third kappa shape index (κ3) is 3.28. The van der Waals surface area contributed by atoms with E-state index in [1.165, 1.54) is 6.07 Å². The lowest BCUT2D eigenvalue weighted by atomic mass is 9.92. The summed E-state index contributed by atoms with van der Waals surface area (Å²) in [5.41, 5.74) is 0.574. The number of rotatable bonds is 4. The molecule has 84 valence electrons. The number of benzene rings is 1. The van der Waals surface area contributed by atoms with Gasteiger partial charge in [0, 0.05) is 10.4 Å². The molecule has 0 saturated heterocycles. The predicted octanol–water partition coefficient (Wildman–Crippen LogP) is 3.85. The summed E-state index contributed by atoms with van der Waals surface area (Å²) in [5, 5.41) is 9.80. The second kappa shape index (κ2) is 5.61. The average Bonchev–Trinajstić information content (AvgIpc) is 2.21. The molecule has 1 N–H and O–H groups in total. The lowest BCUT2D eigenvalue weighted by Gasteiger charge is -2.19. The van der Waals surface area contributed by atoms with Crippen LogP contribution in [0.25, 0.3) is 0 Å². The molecule has 0 bridgehead atoms. The maximum atomic E-state index is 13.5. The summed E-state index contributed by atoms with van der Waals surface area (Å²) in [5.74, 6) is -0.414. The zero-order chi connectivity index (χ0) is 11.4. The molecule has 0 fully saturated rings. The molecule has 1 nitrogen and oxygen atoms in total. The van der Waals surface area contributed by atoms with Crippen LogP contribution in [0.5, 0.6) is 0 Å². The van der Waals surface area contributed by atoms with Gasteiger partial charge in [0.2, 0.25) is 0 Å². The van der Waals surface area contributed by atoms with Crippen LogP contribution in [-0.2, 0) is 0 Å². The van der Waals surface area contributed by atoms with Gasteiger partial charge >= 0.3 is 0 Å². The van der Waals surface area contributed by atoms with Crippen molar-refractivity contribution in [3.63, 3.8) is 0 Å². The van der Waals surface area contributed by atoms with Crippen molar-refractivity contribution in [3.8, 4) is 0 Å². The molecule has 0 saturated carbocycles. The first-order valence-electron chi connectivity index (χ1n) is 5.19. The van der Waals surface area contributed by atoms with Gasteiger partial charge in [-0.05, 0) is 30.2 Å². The van der Waals surface area contributed by atoms with E-state index in [1.807, 2.05) is 13.8 Å². The average molecular weight is 275 g/mol. The highest BCUT2D eigenvalue weighted by molar-refractivity contribution is 9.10. The summed E-state index contributed by atoms with van der Waals surface area (Å²) < 4.78 is 14.3. The first kappa shape index (κ1) is 12.7. The number of aliphatic hydroxyl groups excluding tert-OH is 1. The van der Waals surface area contributed by atoms with Crippen LogP contribution in [-0.4, -0.2) is 11.2 Å². The fourth-order valence-electron chi connectivity index (χ4n) is 1.62. The standard InChI is InChI=1S/C12H16BrFO/c1-3-4-12(15)8(2)10-7-9(13)5-6-11(10)14/h5-8,12,15H,3-4H2,1-2H3. The summed E-state index contributed by atoms with van der Waals surface area (Å²) in [6, 6.07) is 4.82. The van der Waals surface area contributed by atoms with Gasteiger partial charge in [-0.1, -0.05) is 36.2 Å². The summed E-state index contributed by atoms with van der Waals surface area (Å²) in [4.78, 5) is 0. The van der Waals surface area contributed by atoms with Crippen molar-refractivity contribution in [1.29, 1.82) is 0 Å². The van der Waals surface area contributed by atoms with E-state index in [0.717, 1.165) is 10.9 Å². The third-order valence-corrected chi connectivity index (χ3v) is 3.10. The molecule has 3 heteroatoms. The lowest BCUT2D eigenvalue weighted by Crippen LogP contribution is -2.16. The van der Waals surface area contributed by atoms with E-state index in [1.54, 1.807) is 12.1 Å². The van der Waals surface area contributed by atoms with Gasteiger partial charge in [0.15, 0.2) is 0 Å². The summed E-state index contributed by atoms with van der Waals surface area (Å²) in [6.07, 6.45) is 1.13. The van der Waals surface area contributed by atoms with Gasteiger partial charge in [0.25, 0.3) is 0 Å². The Morgan fingerprint density at radius 1 is 1.47 bits per heavy atom. The van der Waals surface area contributed by atoms with Crippen molar-refractivity contribution < 1.29 is 9.50 Å². The van der Waals surface area contributed by atoms with E-state index in [-0.39, 0.29) is 11.7 Å². The van der Waals surface area contributed by atoms with Gasteiger partial charge in [0.1, 0.15) is 5.82 Å². The molecular weight excluding hydrogens is 259 g/mol. The monoisotopic (exact) mass is 274 g/mol. The highest BCUT2D eigenvalue weighted by Crippen LogP contribution is 2.27. The molecule has 0 radical (unpaired) electrons. The first-order chi connectivity index (χ1) is 7.06. The number of aliphatic hydroxyl groups is 1. The highest BCUT2D eigenvalue weighted by Gasteiger charge is 2.18. The van der Waals surface area contributed by atoms with Gasteiger partial charge in [-0.25, -0.2) is 4.39 Å². The second-order valence-corrected chi connectivity index (χ2v) is 4.73. The molecule has 1 aromatic rings. The minimum atomic E-state index is -0.473. The van der Waals surface area contributed by atoms with Gasteiger partial charge in [-0.15, -0.1) is 0 Å². The van der Waals surface area contributed by atoms with E-state index < -0.39 is 6.10 Å². The normalized spacial score (nSPS) is 15.0. The second-order valence-electron chi connectivity index (χ2n) is 3.81. The van der Waals surface area contributed by atoms with Crippen molar-refractivity contribution in [2.75, 3.05) is 0 Å². The van der Waals surface area contributed by atoms with Gasteiger partial charge in [-0.3, -0.25) is 0 Å². The Labute approximate surface area is 98.4 Å². The summed E-state index contributed by atoms with van der Waals surface area (Å²) in [6.45, 7) is 3.86. The van der Waals surface area contributed by atoms with Gasteiger partial charge < -0.3 is 5.11 Å². The highest BCUT2D eigenvalue weighted by atomic mass is 79.9. The van der Waals surface area contributed by atoms with Crippen LogP contribution in [0.1, 0.15) is 38.2 Å². The molecule has 1 rings (SSSR count). The summed E-state index contributed by atoms with van der Waals surface area (Å²) >= 11 is 3.30. The van der Waals surface area contributed by atoms with E-state index >= 15 is 0 Å². The molecule has 0 aliphatic heterocycles. The van der Waals surface area contributed by atoms with Crippen molar-refractivity contribution in [1.82, 2.24) is 0 Å². The summed E-state index contributed by atoms with van der Waals surface area (Å²) in [7, 11) is 0. The molecule has 0 aromatic heterocycles. The largest absolute Gasteiger partial charge is 0.393 e.